The van der Waals surface area contributed by atoms with Crippen molar-refractivity contribution in [2.75, 3.05) is 0 Å². The summed E-state index contributed by atoms with van der Waals surface area (Å²) < 4.78 is 15.9. The fraction of sp³-hybridized carbons (Fsp3) is 0.238. The Bertz CT molecular complexity index is 1120. The van der Waals surface area contributed by atoms with Crippen LogP contribution in [0.5, 0.6) is 5.75 Å². The Morgan fingerprint density at radius 1 is 0.867 bits per heavy atom. The van der Waals surface area contributed by atoms with Crippen LogP contribution in [0.1, 0.15) is 0 Å². The topological polar surface area (TPSA) is 147 Å². The van der Waals surface area contributed by atoms with Crippen LogP contribution in [0.25, 0.3) is 22.3 Å². The number of hydrogen-bond donors (Lipinski definition) is 4. The molecule has 0 bridgehead atoms. The van der Waals surface area contributed by atoms with E-state index in [2.05, 4.69) is 0 Å². The second-order valence-electron chi connectivity index (χ2n) is 6.79. The molecular formula is C21H18O9. The van der Waals surface area contributed by atoms with Gasteiger partial charge in [-0.3, -0.25) is 4.79 Å². The predicted octanol–water partition coefficient (Wildman–Crippen LogP) is 0.165. The standard InChI is InChI=1S/C21H18O9/c22-13-11-8-4-5-9-12(11)28-17(10-6-2-1-3-7-10)18(13)29-21(27)19-15(24)14(23)16(25)20(26)30-19/h1-9,14-16,19-20,23-26H. The highest BCUT2D eigenvalue weighted by atomic mass is 16.7. The molecule has 1 saturated heterocycles. The molecule has 0 spiro atoms. The lowest BCUT2D eigenvalue weighted by Gasteiger charge is -2.36. The number of esters is 1. The zero-order valence-corrected chi connectivity index (χ0v) is 15.4. The number of benzene rings is 2. The monoisotopic (exact) mass is 414 g/mol. The van der Waals surface area contributed by atoms with Crippen molar-refractivity contribution in [1.82, 2.24) is 0 Å². The SMILES string of the molecule is O=C(Oc1c(-c2ccccc2)oc2ccccc2c1=O)C1OC(O)C(O)C(O)C1O. The molecule has 0 amide bonds. The van der Waals surface area contributed by atoms with Gasteiger partial charge in [-0.1, -0.05) is 42.5 Å². The number of para-hydroxylation sites is 1. The maximum absolute atomic E-state index is 13.0. The number of hydrogen-bond acceptors (Lipinski definition) is 9. The summed E-state index contributed by atoms with van der Waals surface area (Å²) in [7, 11) is 0. The highest BCUT2D eigenvalue weighted by Gasteiger charge is 2.47. The van der Waals surface area contributed by atoms with Crippen molar-refractivity contribution in [2.45, 2.75) is 30.7 Å². The van der Waals surface area contributed by atoms with Crippen LogP contribution in [0.3, 0.4) is 0 Å². The summed E-state index contributed by atoms with van der Waals surface area (Å²) in [5, 5.41) is 39.2. The van der Waals surface area contributed by atoms with Crippen molar-refractivity contribution in [1.29, 1.82) is 0 Å². The largest absolute Gasteiger partial charge is 0.452 e. The molecule has 2 aromatic carbocycles. The average molecular weight is 414 g/mol. The first-order valence-corrected chi connectivity index (χ1v) is 9.09. The number of carbonyl (C=O) groups is 1. The van der Waals surface area contributed by atoms with E-state index in [0.29, 0.717) is 5.56 Å². The van der Waals surface area contributed by atoms with E-state index >= 15 is 0 Å². The molecule has 1 aliphatic rings. The number of aliphatic hydroxyl groups excluding tert-OH is 4. The summed E-state index contributed by atoms with van der Waals surface area (Å²) in [5.41, 5.74) is 0.114. The molecular weight excluding hydrogens is 396 g/mol. The van der Waals surface area contributed by atoms with E-state index < -0.39 is 47.9 Å². The van der Waals surface area contributed by atoms with Gasteiger partial charge in [0.1, 0.15) is 23.9 Å². The first kappa shape index (κ1) is 20.2. The smallest absolute Gasteiger partial charge is 0.343 e. The lowest BCUT2D eigenvalue weighted by atomic mass is 9.99. The van der Waals surface area contributed by atoms with E-state index in [4.69, 9.17) is 13.9 Å². The van der Waals surface area contributed by atoms with E-state index in [0.717, 1.165) is 0 Å². The van der Waals surface area contributed by atoms with Crippen LogP contribution in [-0.2, 0) is 9.53 Å². The van der Waals surface area contributed by atoms with Crippen molar-refractivity contribution >= 4 is 16.9 Å². The highest BCUT2D eigenvalue weighted by molar-refractivity contribution is 5.85. The summed E-state index contributed by atoms with van der Waals surface area (Å²) in [6.45, 7) is 0. The zero-order chi connectivity index (χ0) is 21.4. The average Bonchev–Trinajstić information content (AvgIpc) is 2.77. The third-order valence-electron chi connectivity index (χ3n) is 4.82. The molecule has 3 aromatic rings. The third-order valence-corrected chi connectivity index (χ3v) is 4.82. The van der Waals surface area contributed by atoms with Gasteiger partial charge in [0.25, 0.3) is 0 Å². The van der Waals surface area contributed by atoms with E-state index in [9.17, 15) is 30.0 Å². The van der Waals surface area contributed by atoms with Gasteiger partial charge in [0, 0.05) is 5.56 Å². The Morgan fingerprint density at radius 2 is 1.53 bits per heavy atom. The van der Waals surface area contributed by atoms with Gasteiger partial charge in [-0.05, 0) is 12.1 Å². The molecule has 9 nitrogen and oxygen atoms in total. The zero-order valence-electron chi connectivity index (χ0n) is 15.4. The second kappa shape index (κ2) is 7.98. The molecule has 0 saturated carbocycles. The predicted molar refractivity (Wildman–Crippen MR) is 102 cm³/mol. The van der Waals surface area contributed by atoms with Crippen LogP contribution in [0.4, 0.5) is 0 Å². The fourth-order valence-electron chi connectivity index (χ4n) is 3.21. The Kier molecular flexibility index (Phi) is 5.37. The Balaban J connectivity index is 1.77. The maximum Gasteiger partial charge on any atom is 0.343 e. The normalized spacial score (nSPS) is 26.5. The Labute approximate surface area is 169 Å². The lowest BCUT2D eigenvalue weighted by Crippen LogP contribution is -2.60. The molecule has 1 aliphatic heterocycles. The molecule has 0 aliphatic carbocycles. The molecule has 0 radical (unpaired) electrons. The third kappa shape index (κ3) is 3.49. The minimum atomic E-state index is -1.93. The van der Waals surface area contributed by atoms with Gasteiger partial charge in [-0.15, -0.1) is 0 Å². The maximum atomic E-state index is 13.0. The summed E-state index contributed by atoms with van der Waals surface area (Å²) in [6.07, 6.45) is -9.32. The van der Waals surface area contributed by atoms with Gasteiger partial charge in [0.05, 0.1) is 5.39 Å². The minimum Gasteiger partial charge on any atom is -0.452 e. The molecule has 1 aromatic heterocycles. The molecule has 5 unspecified atom stereocenters. The first-order valence-electron chi connectivity index (χ1n) is 9.09. The van der Waals surface area contributed by atoms with Crippen LogP contribution >= 0.6 is 0 Å². The minimum absolute atomic E-state index is 0.0147. The van der Waals surface area contributed by atoms with Gasteiger partial charge >= 0.3 is 5.97 Å². The van der Waals surface area contributed by atoms with Crippen LogP contribution in [0.2, 0.25) is 0 Å². The van der Waals surface area contributed by atoms with E-state index in [1.54, 1.807) is 48.5 Å². The molecule has 4 N–H and O–H groups in total. The molecule has 5 atom stereocenters. The Morgan fingerprint density at radius 3 is 2.27 bits per heavy atom. The summed E-state index contributed by atoms with van der Waals surface area (Å²) in [4.78, 5) is 25.7. The van der Waals surface area contributed by atoms with Crippen LogP contribution < -0.4 is 10.2 Å². The molecule has 4 rings (SSSR count). The van der Waals surface area contributed by atoms with Crippen molar-refractivity contribution in [2.24, 2.45) is 0 Å². The highest BCUT2D eigenvalue weighted by Crippen LogP contribution is 2.31. The first-order chi connectivity index (χ1) is 14.4. The van der Waals surface area contributed by atoms with Crippen LogP contribution in [0.15, 0.2) is 63.8 Å². The molecule has 1 fully saturated rings. The van der Waals surface area contributed by atoms with Crippen molar-refractivity contribution < 1.29 is 39.1 Å². The van der Waals surface area contributed by atoms with Crippen LogP contribution in [0, 0.1) is 0 Å². The van der Waals surface area contributed by atoms with Gasteiger partial charge < -0.3 is 34.3 Å². The Hall–Kier alpha value is -3.08. The number of fused-ring (bicyclic) bond motifs is 1. The van der Waals surface area contributed by atoms with E-state index in [1.807, 2.05) is 0 Å². The fourth-order valence-corrected chi connectivity index (χ4v) is 3.21. The van der Waals surface area contributed by atoms with Crippen molar-refractivity contribution in [3.63, 3.8) is 0 Å². The number of aliphatic hydroxyl groups is 4. The number of rotatable bonds is 3. The van der Waals surface area contributed by atoms with Gasteiger partial charge in [-0.2, -0.15) is 0 Å². The summed E-state index contributed by atoms with van der Waals surface area (Å²) >= 11 is 0. The summed E-state index contributed by atoms with van der Waals surface area (Å²) in [5.74, 6) is -1.69. The molecule has 30 heavy (non-hydrogen) atoms. The van der Waals surface area contributed by atoms with Crippen molar-refractivity contribution in [3.05, 3.63) is 64.8 Å². The quantitative estimate of drug-likeness (QED) is 0.440. The van der Waals surface area contributed by atoms with Gasteiger partial charge in [0.15, 0.2) is 18.2 Å². The van der Waals surface area contributed by atoms with Crippen LogP contribution in [-0.4, -0.2) is 57.1 Å². The van der Waals surface area contributed by atoms with Gasteiger partial charge in [0.2, 0.25) is 11.2 Å². The summed E-state index contributed by atoms with van der Waals surface area (Å²) in [6, 6.07) is 14.9. The number of carbonyl (C=O) groups excluding carboxylic acids is 1. The molecule has 9 heteroatoms. The molecule has 2 heterocycles. The van der Waals surface area contributed by atoms with Crippen molar-refractivity contribution in [3.8, 4) is 17.1 Å². The van der Waals surface area contributed by atoms with Gasteiger partial charge in [-0.25, -0.2) is 4.79 Å². The van der Waals surface area contributed by atoms with E-state index in [-0.39, 0.29) is 16.7 Å². The number of ether oxygens (including phenoxy) is 2. The van der Waals surface area contributed by atoms with E-state index in [1.165, 1.54) is 6.07 Å². The lowest BCUT2D eigenvalue weighted by molar-refractivity contribution is -0.279. The molecule has 156 valence electrons. The second-order valence-corrected chi connectivity index (χ2v) is 6.79.